The zero-order chi connectivity index (χ0) is 11.6. The fraction of sp³-hybridized carbons (Fsp3) is 0.917. The third-order valence-electron chi connectivity index (χ3n) is 2.67. The molecule has 0 bridgehead atoms. The van der Waals surface area contributed by atoms with Crippen molar-refractivity contribution >= 4 is 5.97 Å². The molecule has 0 aliphatic carbocycles. The quantitative estimate of drug-likeness (QED) is 0.554. The highest BCUT2D eigenvalue weighted by atomic mass is 16.6. The number of rotatable bonds is 6. The van der Waals surface area contributed by atoms with Gasteiger partial charge in [-0.1, -0.05) is 19.8 Å². The number of ether oxygens (including phenoxy) is 2. The standard InChI is InChI=1S/C12H23NO3/c1-2-8-15-9-10-16-12(14)11-6-4-3-5-7-13-11/h11,13H,2-10H2,1H3. The van der Waals surface area contributed by atoms with Crippen molar-refractivity contribution in [2.45, 2.75) is 45.1 Å². The lowest BCUT2D eigenvalue weighted by Gasteiger charge is -2.14. The van der Waals surface area contributed by atoms with Crippen LogP contribution in [0.4, 0.5) is 0 Å². The number of carbonyl (C=O) groups is 1. The molecule has 1 fully saturated rings. The fourth-order valence-electron chi connectivity index (χ4n) is 1.78. The lowest BCUT2D eigenvalue weighted by molar-refractivity contribution is -0.147. The summed E-state index contributed by atoms with van der Waals surface area (Å²) in [5.41, 5.74) is 0. The van der Waals surface area contributed by atoms with Gasteiger partial charge in [0, 0.05) is 6.61 Å². The van der Waals surface area contributed by atoms with E-state index in [0.29, 0.717) is 13.2 Å². The molecule has 0 spiro atoms. The normalized spacial score (nSPS) is 21.4. The molecular weight excluding hydrogens is 206 g/mol. The van der Waals surface area contributed by atoms with E-state index in [4.69, 9.17) is 9.47 Å². The van der Waals surface area contributed by atoms with E-state index >= 15 is 0 Å². The molecule has 0 aromatic heterocycles. The Hall–Kier alpha value is -0.610. The van der Waals surface area contributed by atoms with Crippen LogP contribution in [0.5, 0.6) is 0 Å². The summed E-state index contributed by atoms with van der Waals surface area (Å²) in [4.78, 5) is 11.6. The molecule has 0 aromatic rings. The van der Waals surface area contributed by atoms with Gasteiger partial charge in [0.2, 0.25) is 0 Å². The van der Waals surface area contributed by atoms with Crippen LogP contribution >= 0.6 is 0 Å². The molecule has 1 atom stereocenters. The largest absolute Gasteiger partial charge is 0.462 e. The van der Waals surface area contributed by atoms with Crippen molar-refractivity contribution in [3.8, 4) is 0 Å². The van der Waals surface area contributed by atoms with Crippen molar-refractivity contribution in [1.29, 1.82) is 0 Å². The predicted octanol–water partition coefficient (Wildman–Crippen LogP) is 1.49. The summed E-state index contributed by atoms with van der Waals surface area (Å²) in [5.74, 6) is -0.123. The summed E-state index contributed by atoms with van der Waals surface area (Å²) in [7, 11) is 0. The molecule has 1 N–H and O–H groups in total. The molecule has 0 saturated carbocycles. The lowest BCUT2D eigenvalue weighted by Crippen LogP contribution is -2.37. The molecule has 1 saturated heterocycles. The Bertz CT molecular complexity index is 189. The van der Waals surface area contributed by atoms with E-state index in [2.05, 4.69) is 12.2 Å². The van der Waals surface area contributed by atoms with Crippen LogP contribution in [0.2, 0.25) is 0 Å². The van der Waals surface area contributed by atoms with E-state index in [0.717, 1.165) is 38.8 Å². The van der Waals surface area contributed by atoms with Gasteiger partial charge in [-0.3, -0.25) is 4.79 Å². The SMILES string of the molecule is CCCOCCOC(=O)C1CCCCCN1. The van der Waals surface area contributed by atoms with Crippen LogP contribution < -0.4 is 5.32 Å². The van der Waals surface area contributed by atoms with Gasteiger partial charge < -0.3 is 14.8 Å². The van der Waals surface area contributed by atoms with Gasteiger partial charge in [-0.2, -0.15) is 0 Å². The molecule has 16 heavy (non-hydrogen) atoms. The minimum absolute atomic E-state index is 0.103. The van der Waals surface area contributed by atoms with E-state index in [1.807, 2.05) is 0 Å². The number of esters is 1. The van der Waals surface area contributed by atoms with Crippen molar-refractivity contribution in [2.24, 2.45) is 0 Å². The summed E-state index contributed by atoms with van der Waals surface area (Å²) in [6.07, 6.45) is 5.37. The zero-order valence-corrected chi connectivity index (χ0v) is 10.2. The van der Waals surface area contributed by atoms with Gasteiger partial charge in [-0.25, -0.2) is 0 Å². The molecule has 4 nitrogen and oxygen atoms in total. The molecule has 0 aromatic carbocycles. The lowest BCUT2D eigenvalue weighted by atomic mass is 10.1. The van der Waals surface area contributed by atoms with Crippen molar-refractivity contribution in [3.05, 3.63) is 0 Å². The molecule has 1 rings (SSSR count). The predicted molar refractivity (Wildman–Crippen MR) is 62.3 cm³/mol. The smallest absolute Gasteiger partial charge is 0.323 e. The van der Waals surface area contributed by atoms with Crippen LogP contribution in [-0.2, 0) is 14.3 Å². The number of carbonyl (C=O) groups excluding carboxylic acids is 1. The molecule has 1 aliphatic heterocycles. The fourth-order valence-corrected chi connectivity index (χ4v) is 1.78. The molecule has 94 valence electrons. The molecule has 1 unspecified atom stereocenters. The van der Waals surface area contributed by atoms with E-state index < -0.39 is 0 Å². The second-order valence-corrected chi connectivity index (χ2v) is 4.14. The third kappa shape index (κ3) is 5.47. The zero-order valence-electron chi connectivity index (χ0n) is 10.2. The first-order chi connectivity index (χ1) is 7.84. The average Bonchev–Trinajstić information content (AvgIpc) is 2.57. The summed E-state index contributed by atoms with van der Waals surface area (Å²) >= 11 is 0. The van der Waals surface area contributed by atoms with Crippen LogP contribution in [-0.4, -0.2) is 38.4 Å². The van der Waals surface area contributed by atoms with Gasteiger partial charge >= 0.3 is 5.97 Å². The first-order valence-electron chi connectivity index (χ1n) is 6.32. The van der Waals surface area contributed by atoms with Crippen molar-refractivity contribution in [3.63, 3.8) is 0 Å². The van der Waals surface area contributed by atoms with E-state index in [1.54, 1.807) is 0 Å². The number of hydrogen-bond donors (Lipinski definition) is 1. The molecule has 1 aliphatic rings. The maximum absolute atomic E-state index is 11.6. The van der Waals surface area contributed by atoms with Gasteiger partial charge in [0.1, 0.15) is 12.6 Å². The van der Waals surface area contributed by atoms with Crippen LogP contribution in [0.15, 0.2) is 0 Å². The second kappa shape index (κ2) is 8.53. The number of hydrogen-bond acceptors (Lipinski definition) is 4. The minimum Gasteiger partial charge on any atom is -0.462 e. The van der Waals surface area contributed by atoms with Crippen molar-refractivity contribution < 1.29 is 14.3 Å². The van der Waals surface area contributed by atoms with Crippen LogP contribution in [0.1, 0.15) is 39.0 Å². The van der Waals surface area contributed by atoms with Gasteiger partial charge in [-0.05, 0) is 25.8 Å². The average molecular weight is 229 g/mol. The Kier molecular flexibility index (Phi) is 7.17. The number of nitrogens with one attached hydrogen (secondary N) is 1. The Balaban J connectivity index is 2.08. The highest BCUT2D eigenvalue weighted by molar-refractivity contribution is 5.75. The van der Waals surface area contributed by atoms with Crippen molar-refractivity contribution in [2.75, 3.05) is 26.4 Å². The Morgan fingerprint density at radius 1 is 1.25 bits per heavy atom. The monoisotopic (exact) mass is 229 g/mol. The topological polar surface area (TPSA) is 47.6 Å². The third-order valence-corrected chi connectivity index (χ3v) is 2.67. The highest BCUT2D eigenvalue weighted by Gasteiger charge is 2.20. The van der Waals surface area contributed by atoms with Crippen LogP contribution in [0.3, 0.4) is 0 Å². The van der Waals surface area contributed by atoms with E-state index in [-0.39, 0.29) is 12.0 Å². The Labute approximate surface area is 97.7 Å². The second-order valence-electron chi connectivity index (χ2n) is 4.14. The molecule has 4 heteroatoms. The van der Waals surface area contributed by atoms with Crippen molar-refractivity contribution in [1.82, 2.24) is 5.32 Å². The molecule has 0 amide bonds. The summed E-state index contributed by atoms with van der Waals surface area (Å²) in [5, 5.41) is 3.22. The van der Waals surface area contributed by atoms with E-state index in [9.17, 15) is 4.79 Å². The first-order valence-corrected chi connectivity index (χ1v) is 6.32. The molecular formula is C12H23NO3. The van der Waals surface area contributed by atoms with Gasteiger partial charge in [0.25, 0.3) is 0 Å². The molecule has 1 heterocycles. The maximum Gasteiger partial charge on any atom is 0.323 e. The van der Waals surface area contributed by atoms with Gasteiger partial charge in [-0.15, -0.1) is 0 Å². The van der Waals surface area contributed by atoms with Gasteiger partial charge in [0.15, 0.2) is 0 Å². The summed E-state index contributed by atoms with van der Waals surface area (Å²) in [6.45, 7) is 4.59. The highest BCUT2D eigenvalue weighted by Crippen LogP contribution is 2.09. The first kappa shape index (κ1) is 13.5. The Morgan fingerprint density at radius 3 is 2.94 bits per heavy atom. The Morgan fingerprint density at radius 2 is 2.12 bits per heavy atom. The summed E-state index contributed by atoms with van der Waals surface area (Å²) < 4.78 is 10.4. The maximum atomic E-state index is 11.6. The summed E-state index contributed by atoms with van der Waals surface area (Å²) in [6, 6.07) is -0.103. The van der Waals surface area contributed by atoms with Gasteiger partial charge in [0.05, 0.1) is 6.61 Å². The van der Waals surface area contributed by atoms with Crippen LogP contribution in [0.25, 0.3) is 0 Å². The molecule has 0 radical (unpaired) electrons. The van der Waals surface area contributed by atoms with E-state index in [1.165, 1.54) is 6.42 Å². The minimum atomic E-state index is -0.123. The van der Waals surface area contributed by atoms with Crippen LogP contribution in [0, 0.1) is 0 Å².